The molecule has 1 heterocycles. The van der Waals surface area contributed by atoms with E-state index in [1.807, 2.05) is 0 Å². The summed E-state index contributed by atoms with van der Waals surface area (Å²) in [5, 5.41) is 0. The van der Waals surface area contributed by atoms with E-state index in [1.54, 1.807) is 6.07 Å². The van der Waals surface area contributed by atoms with Crippen molar-refractivity contribution in [1.82, 2.24) is 4.90 Å². The van der Waals surface area contributed by atoms with Crippen LogP contribution in [0.5, 0.6) is 0 Å². The molecule has 98 valence electrons. The SMILES string of the molecule is CC(=O)c1cc(F)ccc1N1CCC(N(C)C)C1. The zero-order chi connectivity index (χ0) is 13.3. The number of carbonyl (C=O) groups is 1. The fourth-order valence-electron chi connectivity index (χ4n) is 2.45. The van der Waals surface area contributed by atoms with E-state index in [0.717, 1.165) is 25.2 Å². The molecule has 1 aliphatic heterocycles. The molecular weight excluding hydrogens is 231 g/mol. The highest BCUT2D eigenvalue weighted by atomic mass is 19.1. The molecule has 1 unspecified atom stereocenters. The van der Waals surface area contributed by atoms with Gasteiger partial charge in [-0.15, -0.1) is 0 Å². The van der Waals surface area contributed by atoms with Gasteiger partial charge in [0, 0.05) is 30.4 Å². The second kappa shape index (κ2) is 5.06. The summed E-state index contributed by atoms with van der Waals surface area (Å²) in [6.45, 7) is 3.28. The van der Waals surface area contributed by atoms with Gasteiger partial charge in [-0.1, -0.05) is 0 Å². The lowest BCUT2D eigenvalue weighted by atomic mass is 10.1. The Morgan fingerprint density at radius 2 is 2.17 bits per heavy atom. The first-order valence-corrected chi connectivity index (χ1v) is 6.21. The van der Waals surface area contributed by atoms with Crippen molar-refractivity contribution in [3.63, 3.8) is 0 Å². The zero-order valence-electron chi connectivity index (χ0n) is 11.1. The van der Waals surface area contributed by atoms with Gasteiger partial charge in [-0.2, -0.15) is 0 Å². The molecule has 18 heavy (non-hydrogen) atoms. The van der Waals surface area contributed by atoms with Crippen LogP contribution < -0.4 is 4.90 Å². The minimum absolute atomic E-state index is 0.0854. The minimum Gasteiger partial charge on any atom is -0.369 e. The number of anilines is 1. The predicted octanol–water partition coefficient (Wildman–Crippen LogP) is 2.17. The molecule has 1 aromatic carbocycles. The van der Waals surface area contributed by atoms with Crippen molar-refractivity contribution in [2.75, 3.05) is 32.1 Å². The summed E-state index contributed by atoms with van der Waals surface area (Å²) in [5.74, 6) is -0.440. The number of carbonyl (C=O) groups excluding carboxylic acids is 1. The summed E-state index contributed by atoms with van der Waals surface area (Å²) in [5.41, 5.74) is 1.34. The van der Waals surface area contributed by atoms with Crippen LogP contribution in [0.3, 0.4) is 0 Å². The summed E-state index contributed by atoms with van der Waals surface area (Å²) in [6, 6.07) is 4.96. The zero-order valence-corrected chi connectivity index (χ0v) is 11.1. The Morgan fingerprint density at radius 1 is 1.44 bits per heavy atom. The Morgan fingerprint density at radius 3 is 2.72 bits per heavy atom. The van der Waals surface area contributed by atoms with Gasteiger partial charge >= 0.3 is 0 Å². The van der Waals surface area contributed by atoms with Crippen LogP contribution in [-0.2, 0) is 0 Å². The van der Waals surface area contributed by atoms with E-state index in [1.165, 1.54) is 19.1 Å². The first kappa shape index (κ1) is 13.0. The third-order valence-electron chi connectivity index (χ3n) is 3.57. The summed E-state index contributed by atoms with van der Waals surface area (Å²) < 4.78 is 13.2. The number of hydrogen-bond donors (Lipinski definition) is 0. The van der Waals surface area contributed by atoms with E-state index < -0.39 is 0 Å². The highest BCUT2D eigenvalue weighted by Gasteiger charge is 2.26. The largest absolute Gasteiger partial charge is 0.369 e. The first-order chi connectivity index (χ1) is 8.49. The van der Waals surface area contributed by atoms with Gasteiger partial charge in [0.25, 0.3) is 0 Å². The smallest absolute Gasteiger partial charge is 0.161 e. The maximum Gasteiger partial charge on any atom is 0.161 e. The summed E-state index contributed by atoms with van der Waals surface area (Å²) in [4.78, 5) is 15.9. The van der Waals surface area contributed by atoms with Crippen molar-refractivity contribution < 1.29 is 9.18 Å². The lowest BCUT2D eigenvalue weighted by Crippen LogP contribution is -2.31. The van der Waals surface area contributed by atoms with E-state index in [0.29, 0.717) is 11.6 Å². The molecule has 0 bridgehead atoms. The summed E-state index contributed by atoms with van der Waals surface area (Å²) >= 11 is 0. The molecule has 4 heteroatoms. The molecule has 1 aliphatic rings. The normalized spacial score (nSPS) is 19.6. The standard InChI is InChI=1S/C14H19FN2O/c1-10(18)13-8-11(15)4-5-14(13)17-7-6-12(9-17)16(2)3/h4-5,8,12H,6-7,9H2,1-3H3. The topological polar surface area (TPSA) is 23.6 Å². The fourth-order valence-corrected chi connectivity index (χ4v) is 2.45. The third-order valence-corrected chi connectivity index (χ3v) is 3.57. The molecule has 0 aliphatic carbocycles. The van der Waals surface area contributed by atoms with Gasteiger partial charge in [-0.25, -0.2) is 4.39 Å². The molecule has 1 saturated heterocycles. The van der Waals surface area contributed by atoms with Gasteiger partial charge < -0.3 is 9.80 Å². The number of halogens is 1. The Labute approximate surface area is 107 Å². The van der Waals surface area contributed by atoms with Crippen molar-refractivity contribution in [2.45, 2.75) is 19.4 Å². The molecule has 0 N–H and O–H groups in total. The summed E-state index contributed by atoms with van der Waals surface area (Å²) in [7, 11) is 4.12. The van der Waals surface area contributed by atoms with Gasteiger partial charge in [0.2, 0.25) is 0 Å². The maximum atomic E-state index is 13.2. The van der Waals surface area contributed by atoms with E-state index >= 15 is 0 Å². The van der Waals surface area contributed by atoms with E-state index in [-0.39, 0.29) is 11.6 Å². The second-order valence-corrected chi connectivity index (χ2v) is 5.07. The highest BCUT2D eigenvalue weighted by molar-refractivity contribution is 5.99. The van der Waals surface area contributed by atoms with Crippen molar-refractivity contribution in [3.05, 3.63) is 29.6 Å². The van der Waals surface area contributed by atoms with Crippen LogP contribution in [0.2, 0.25) is 0 Å². The quantitative estimate of drug-likeness (QED) is 0.768. The number of Topliss-reactive ketones (excluding diaryl/α,β-unsaturated/α-hetero) is 1. The average Bonchev–Trinajstić information content (AvgIpc) is 2.78. The van der Waals surface area contributed by atoms with Crippen LogP contribution >= 0.6 is 0 Å². The monoisotopic (exact) mass is 250 g/mol. The summed E-state index contributed by atoms with van der Waals surface area (Å²) in [6.07, 6.45) is 1.07. The molecule has 1 atom stereocenters. The average molecular weight is 250 g/mol. The van der Waals surface area contributed by atoms with Gasteiger partial charge in [0.15, 0.2) is 5.78 Å². The predicted molar refractivity (Wildman–Crippen MR) is 70.7 cm³/mol. The molecule has 2 rings (SSSR count). The van der Waals surface area contributed by atoms with E-state index in [2.05, 4.69) is 23.9 Å². The van der Waals surface area contributed by atoms with Crippen molar-refractivity contribution in [1.29, 1.82) is 0 Å². The molecule has 3 nitrogen and oxygen atoms in total. The van der Waals surface area contributed by atoms with E-state index in [4.69, 9.17) is 0 Å². The van der Waals surface area contributed by atoms with Gasteiger partial charge in [0.05, 0.1) is 0 Å². The van der Waals surface area contributed by atoms with Crippen LogP contribution in [-0.4, -0.2) is 43.9 Å². The number of rotatable bonds is 3. The van der Waals surface area contributed by atoms with Crippen LogP contribution in [0, 0.1) is 5.82 Å². The van der Waals surface area contributed by atoms with Gasteiger partial charge in [-0.3, -0.25) is 4.79 Å². The van der Waals surface area contributed by atoms with Crippen LogP contribution in [0.1, 0.15) is 23.7 Å². The maximum absolute atomic E-state index is 13.2. The number of benzene rings is 1. The van der Waals surface area contributed by atoms with Crippen LogP contribution in [0.15, 0.2) is 18.2 Å². The molecule has 0 saturated carbocycles. The van der Waals surface area contributed by atoms with Crippen molar-refractivity contribution in [3.8, 4) is 0 Å². The second-order valence-electron chi connectivity index (χ2n) is 5.07. The highest BCUT2D eigenvalue weighted by Crippen LogP contribution is 2.27. The Balaban J connectivity index is 2.27. The Hall–Kier alpha value is -1.42. The Bertz CT molecular complexity index is 459. The molecule has 0 amide bonds. The van der Waals surface area contributed by atoms with Crippen molar-refractivity contribution >= 4 is 11.5 Å². The number of hydrogen-bond acceptors (Lipinski definition) is 3. The van der Waals surface area contributed by atoms with Gasteiger partial charge in [0.1, 0.15) is 5.82 Å². The lowest BCUT2D eigenvalue weighted by molar-refractivity contribution is 0.101. The molecule has 0 aromatic heterocycles. The van der Waals surface area contributed by atoms with Crippen LogP contribution in [0.25, 0.3) is 0 Å². The first-order valence-electron chi connectivity index (χ1n) is 6.21. The third kappa shape index (κ3) is 2.53. The molecule has 0 radical (unpaired) electrons. The number of likely N-dealkylation sites (N-methyl/N-ethyl adjacent to an activating group) is 1. The minimum atomic E-state index is -0.354. The molecule has 0 spiro atoms. The molecular formula is C14H19FN2O. The fraction of sp³-hybridized carbons (Fsp3) is 0.500. The van der Waals surface area contributed by atoms with Crippen LogP contribution in [0.4, 0.5) is 10.1 Å². The van der Waals surface area contributed by atoms with E-state index in [9.17, 15) is 9.18 Å². The molecule has 1 aromatic rings. The Kier molecular flexibility index (Phi) is 3.66. The lowest BCUT2D eigenvalue weighted by Gasteiger charge is -2.23. The molecule has 1 fully saturated rings. The van der Waals surface area contributed by atoms with Crippen molar-refractivity contribution in [2.24, 2.45) is 0 Å². The number of ketones is 1. The van der Waals surface area contributed by atoms with Gasteiger partial charge in [-0.05, 0) is 45.6 Å². The number of nitrogens with zero attached hydrogens (tertiary/aromatic N) is 2.